The van der Waals surface area contributed by atoms with E-state index in [2.05, 4.69) is 5.10 Å². The van der Waals surface area contributed by atoms with Crippen LogP contribution < -0.4 is 5.73 Å². The van der Waals surface area contributed by atoms with Crippen LogP contribution in [0.3, 0.4) is 0 Å². The molecule has 2 N–H and O–H groups in total. The Hall–Kier alpha value is -1.55. The van der Waals surface area contributed by atoms with Crippen LogP contribution in [0.15, 0.2) is 30.5 Å². The summed E-state index contributed by atoms with van der Waals surface area (Å²) in [6.07, 6.45) is 1.26. The Morgan fingerprint density at radius 1 is 1.43 bits per heavy atom. The largest absolute Gasteiger partial charge is 0.394 e. The lowest BCUT2D eigenvalue weighted by Crippen LogP contribution is -2.00. The SMILES string of the molecule is Nc1cnn(-c2cccc(Cl)c2)c1F. The zero-order valence-electron chi connectivity index (χ0n) is 7.11. The third-order valence-corrected chi connectivity index (χ3v) is 2.02. The third-order valence-electron chi connectivity index (χ3n) is 1.79. The van der Waals surface area contributed by atoms with E-state index in [4.69, 9.17) is 17.3 Å². The highest BCUT2D eigenvalue weighted by atomic mass is 35.5. The summed E-state index contributed by atoms with van der Waals surface area (Å²) in [6.45, 7) is 0. The summed E-state index contributed by atoms with van der Waals surface area (Å²) in [5.41, 5.74) is 5.89. The van der Waals surface area contributed by atoms with E-state index >= 15 is 0 Å². The number of hydrogen-bond acceptors (Lipinski definition) is 2. The Morgan fingerprint density at radius 3 is 2.79 bits per heavy atom. The number of halogens is 2. The van der Waals surface area contributed by atoms with Crippen LogP contribution in [0.2, 0.25) is 5.02 Å². The van der Waals surface area contributed by atoms with Gasteiger partial charge in [-0.2, -0.15) is 9.49 Å². The minimum absolute atomic E-state index is 0.0185. The lowest BCUT2D eigenvalue weighted by atomic mass is 10.3. The fourth-order valence-electron chi connectivity index (χ4n) is 1.13. The Balaban J connectivity index is 2.55. The van der Waals surface area contributed by atoms with Crippen molar-refractivity contribution >= 4 is 17.3 Å². The summed E-state index contributed by atoms with van der Waals surface area (Å²) in [6, 6.07) is 6.73. The Kier molecular flexibility index (Phi) is 2.13. The van der Waals surface area contributed by atoms with Gasteiger partial charge in [0.15, 0.2) is 0 Å². The van der Waals surface area contributed by atoms with Crippen LogP contribution in [0.1, 0.15) is 0 Å². The molecule has 0 aliphatic heterocycles. The van der Waals surface area contributed by atoms with Crippen molar-refractivity contribution in [2.45, 2.75) is 0 Å². The highest BCUT2D eigenvalue weighted by molar-refractivity contribution is 6.30. The second-order valence-corrected chi connectivity index (χ2v) is 3.22. The van der Waals surface area contributed by atoms with Crippen molar-refractivity contribution in [3.8, 4) is 5.69 Å². The summed E-state index contributed by atoms with van der Waals surface area (Å²) < 4.78 is 14.4. The lowest BCUT2D eigenvalue weighted by Gasteiger charge is -2.01. The van der Waals surface area contributed by atoms with E-state index in [1.807, 2.05) is 0 Å². The maximum Gasteiger partial charge on any atom is 0.239 e. The molecule has 0 amide bonds. The molecule has 0 aliphatic carbocycles. The van der Waals surface area contributed by atoms with Gasteiger partial charge in [-0.05, 0) is 18.2 Å². The van der Waals surface area contributed by atoms with Crippen LogP contribution in [0.4, 0.5) is 10.1 Å². The van der Waals surface area contributed by atoms with Crippen molar-refractivity contribution in [1.29, 1.82) is 0 Å². The molecule has 72 valence electrons. The van der Waals surface area contributed by atoms with E-state index < -0.39 is 5.95 Å². The molecular weight excluding hydrogens is 205 g/mol. The summed E-state index contributed by atoms with van der Waals surface area (Å²) in [4.78, 5) is 0. The quantitative estimate of drug-likeness (QED) is 0.786. The van der Waals surface area contributed by atoms with Crippen molar-refractivity contribution in [3.63, 3.8) is 0 Å². The second kappa shape index (κ2) is 3.31. The van der Waals surface area contributed by atoms with Crippen LogP contribution >= 0.6 is 11.6 Å². The first-order valence-electron chi connectivity index (χ1n) is 3.93. The van der Waals surface area contributed by atoms with Crippen molar-refractivity contribution in [2.24, 2.45) is 0 Å². The highest BCUT2D eigenvalue weighted by Crippen LogP contribution is 2.17. The average molecular weight is 212 g/mol. The monoisotopic (exact) mass is 211 g/mol. The molecule has 5 heteroatoms. The molecule has 3 nitrogen and oxygen atoms in total. The number of benzene rings is 1. The van der Waals surface area contributed by atoms with Gasteiger partial charge in [0, 0.05) is 5.02 Å². The van der Waals surface area contributed by atoms with E-state index in [-0.39, 0.29) is 5.69 Å². The molecule has 0 atom stereocenters. The Morgan fingerprint density at radius 2 is 2.21 bits per heavy atom. The number of nitrogen functional groups attached to an aromatic ring is 1. The Labute approximate surface area is 84.9 Å². The molecule has 0 saturated heterocycles. The van der Waals surface area contributed by atoms with Gasteiger partial charge in [-0.1, -0.05) is 17.7 Å². The molecule has 14 heavy (non-hydrogen) atoms. The molecule has 0 spiro atoms. The minimum atomic E-state index is -0.577. The molecule has 0 fully saturated rings. The van der Waals surface area contributed by atoms with Gasteiger partial charge in [0.05, 0.1) is 11.9 Å². The molecule has 1 heterocycles. The normalized spacial score (nSPS) is 10.4. The molecule has 1 aromatic carbocycles. The van der Waals surface area contributed by atoms with Crippen LogP contribution in [0.5, 0.6) is 0 Å². The molecule has 0 radical (unpaired) electrons. The van der Waals surface area contributed by atoms with Crippen LogP contribution in [-0.2, 0) is 0 Å². The molecule has 0 unspecified atom stereocenters. The molecule has 1 aromatic heterocycles. The smallest absolute Gasteiger partial charge is 0.239 e. The van der Waals surface area contributed by atoms with Gasteiger partial charge < -0.3 is 5.73 Å². The van der Waals surface area contributed by atoms with Crippen LogP contribution in [0, 0.1) is 5.95 Å². The summed E-state index contributed by atoms with van der Waals surface area (Å²) in [5.74, 6) is -0.577. The fraction of sp³-hybridized carbons (Fsp3) is 0. The van der Waals surface area contributed by atoms with Gasteiger partial charge in [-0.15, -0.1) is 0 Å². The predicted octanol–water partition coefficient (Wildman–Crippen LogP) is 2.25. The Bertz CT molecular complexity index is 467. The van der Waals surface area contributed by atoms with Gasteiger partial charge in [0.1, 0.15) is 5.69 Å². The fourth-order valence-corrected chi connectivity index (χ4v) is 1.32. The predicted molar refractivity (Wildman–Crippen MR) is 52.9 cm³/mol. The average Bonchev–Trinajstić information content (AvgIpc) is 2.48. The summed E-state index contributed by atoms with van der Waals surface area (Å²) in [7, 11) is 0. The molecule has 0 saturated carbocycles. The highest BCUT2D eigenvalue weighted by Gasteiger charge is 2.08. The topological polar surface area (TPSA) is 43.8 Å². The molecule has 0 bridgehead atoms. The van der Waals surface area contributed by atoms with E-state index in [1.54, 1.807) is 24.3 Å². The number of nitrogens with two attached hydrogens (primary N) is 1. The van der Waals surface area contributed by atoms with E-state index in [1.165, 1.54) is 6.20 Å². The van der Waals surface area contributed by atoms with E-state index in [9.17, 15) is 4.39 Å². The number of nitrogens with zero attached hydrogens (tertiary/aromatic N) is 2. The maximum absolute atomic E-state index is 13.3. The molecular formula is C9H7ClFN3. The van der Waals surface area contributed by atoms with Gasteiger partial charge in [0.25, 0.3) is 0 Å². The summed E-state index contributed by atoms with van der Waals surface area (Å²) >= 11 is 5.76. The van der Waals surface area contributed by atoms with Crippen molar-refractivity contribution in [1.82, 2.24) is 9.78 Å². The van der Waals surface area contributed by atoms with Gasteiger partial charge in [0.2, 0.25) is 5.95 Å². The zero-order valence-corrected chi connectivity index (χ0v) is 7.87. The summed E-state index contributed by atoms with van der Waals surface area (Å²) in [5, 5.41) is 4.31. The number of aromatic nitrogens is 2. The van der Waals surface area contributed by atoms with E-state index in [0.717, 1.165) is 4.68 Å². The second-order valence-electron chi connectivity index (χ2n) is 2.78. The van der Waals surface area contributed by atoms with Gasteiger partial charge >= 0.3 is 0 Å². The number of rotatable bonds is 1. The first kappa shape index (κ1) is 9.02. The maximum atomic E-state index is 13.3. The number of hydrogen-bond donors (Lipinski definition) is 1. The van der Waals surface area contributed by atoms with Crippen molar-refractivity contribution in [3.05, 3.63) is 41.4 Å². The van der Waals surface area contributed by atoms with Gasteiger partial charge in [-0.3, -0.25) is 0 Å². The molecule has 2 aromatic rings. The van der Waals surface area contributed by atoms with Crippen molar-refractivity contribution in [2.75, 3.05) is 5.73 Å². The van der Waals surface area contributed by atoms with Crippen LogP contribution in [-0.4, -0.2) is 9.78 Å². The van der Waals surface area contributed by atoms with Crippen molar-refractivity contribution < 1.29 is 4.39 Å². The molecule has 2 rings (SSSR count). The first-order valence-corrected chi connectivity index (χ1v) is 4.31. The minimum Gasteiger partial charge on any atom is -0.394 e. The third kappa shape index (κ3) is 1.44. The lowest BCUT2D eigenvalue weighted by molar-refractivity contribution is 0.540. The van der Waals surface area contributed by atoms with Crippen LogP contribution in [0.25, 0.3) is 5.69 Å². The van der Waals surface area contributed by atoms with E-state index in [0.29, 0.717) is 10.7 Å². The first-order chi connectivity index (χ1) is 6.68. The number of anilines is 1. The molecule has 0 aliphatic rings. The van der Waals surface area contributed by atoms with Gasteiger partial charge in [-0.25, -0.2) is 4.68 Å². The standard InChI is InChI=1S/C9H7ClFN3/c10-6-2-1-3-7(4-6)14-9(11)8(12)5-13-14/h1-5H,12H2. The zero-order chi connectivity index (χ0) is 10.1.